The van der Waals surface area contributed by atoms with Crippen molar-refractivity contribution in [3.05, 3.63) is 23.7 Å². The van der Waals surface area contributed by atoms with Gasteiger partial charge < -0.3 is 24.8 Å². The van der Waals surface area contributed by atoms with Gasteiger partial charge in [0.25, 0.3) is 0 Å². The molecule has 4 atom stereocenters. The summed E-state index contributed by atoms with van der Waals surface area (Å²) in [5, 5.41) is 7.68. The van der Waals surface area contributed by atoms with E-state index in [0.717, 1.165) is 32.2 Å². The van der Waals surface area contributed by atoms with Gasteiger partial charge in [0.1, 0.15) is 22.4 Å². The van der Waals surface area contributed by atoms with Crippen molar-refractivity contribution in [2.24, 2.45) is 5.92 Å². The average molecular weight is 606 g/mol. The molecule has 1 saturated carbocycles. The Bertz CT molecular complexity index is 1540. The average Bonchev–Trinajstić information content (AvgIpc) is 3.50. The van der Waals surface area contributed by atoms with Gasteiger partial charge in [-0.2, -0.15) is 4.98 Å². The third kappa shape index (κ3) is 6.32. The standard InChI is InChI=1S/C27H39N7O5S2/c1-14-19(24-32-20-15(2)28-10-9-18(20)40-24)23(33-25(30-14)29-11-12-37-7)31-17-13-16(26(3,4)34-41(8,35)36)21-22(17)39-27(5,6)38-21/h9-10,16-17,21-22,34H,11-13H2,1-8H3,(H2,29,30,31,33)/t16-,17?,21+,22-/m0/s1. The van der Waals surface area contributed by atoms with Crippen LogP contribution in [0.4, 0.5) is 11.8 Å². The molecule has 1 unspecified atom stereocenters. The van der Waals surface area contributed by atoms with Crippen LogP contribution in [-0.4, -0.2) is 84.4 Å². The van der Waals surface area contributed by atoms with Crippen LogP contribution in [0.2, 0.25) is 0 Å². The highest BCUT2D eigenvalue weighted by molar-refractivity contribution is 7.88. The second kappa shape index (κ2) is 11.0. The molecule has 224 valence electrons. The predicted octanol–water partition coefficient (Wildman–Crippen LogP) is 3.47. The zero-order valence-electron chi connectivity index (χ0n) is 24.7. The van der Waals surface area contributed by atoms with Crippen molar-refractivity contribution in [2.45, 2.75) is 77.5 Å². The van der Waals surface area contributed by atoms with Crippen molar-refractivity contribution in [1.29, 1.82) is 0 Å². The molecule has 0 bridgehead atoms. The van der Waals surface area contributed by atoms with Crippen LogP contribution in [-0.2, 0) is 24.2 Å². The Balaban J connectivity index is 1.55. The minimum atomic E-state index is -3.45. The Morgan fingerprint density at radius 3 is 2.56 bits per heavy atom. The lowest BCUT2D eigenvalue weighted by Gasteiger charge is -2.35. The normalized spacial score (nSPS) is 24.1. The molecule has 5 rings (SSSR count). The highest BCUT2D eigenvalue weighted by atomic mass is 32.2. The summed E-state index contributed by atoms with van der Waals surface area (Å²) in [6, 6.07) is 1.74. The van der Waals surface area contributed by atoms with Crippen molar-refractivity contribution in [1.82, 2.24) is 24.7 Å². The molecule has 14 heteroatoms. The zero-order valence-corrected chi connectivity index (χ0v) is 26.4. The lowest BCUT2D eigenvalue weighted by Crippen LogP contribution is -2.52. The van der Waals surface area contributed by atoms with Crippen LogP contribution >= 0.6 is 11.3 Å². The first kappa shape index (κ1) is 30.0. The van der Waals surface area contributed by atoms with Gasteiger partial charge in [0.15, 0.2) is 5.79 Å². The number of rotatable bonds is 10. The minimum Gasteiger partial charge on any atom is -0.383 e. The van der Waals surface area contributed by atoms with E-state index in [2.05, 4.69) is 20.3 Å². The van der Waals surface area contributed by atoms with Gasteiger partial charge in [-0.25, -0.2) is 23.1 Å². The lowest BCUT2D eigenvalue weighted by atomic mass is 9.85. The lowest BCUT2D eigenvalue weighted by molar-refractivity contribution is -0.159. The first-order valence-electron chi connectivity index (χ1n) is 13.6. The molecule has 12 nitrogen and oxygen atoms in total. The third-order valence-electron chi connectivity index (χ3n) is 7.55. The SMILES string of the molecule is COCCNc1nc(C)c(-c2nc3c(C)nccc3s2)c(NC2C[C@H](C(C)(C)NS(C)(=O)=O)[C@H]3OC(C)(C)O[C@@H]23)n1. The van der Waals surface area contributed by atoms with Gasteiger partial charge in [0.2, 0.25) is 16.0 Å². The van der Waals surface area contributed by atoms with Crippen molar-refractivity contribution in [2.75, 3.05) is 37.2 Å². The molecule has 3 aromatic heterocycles. The highest BCUT2D eigenvalue weighted by Gasteiger charge is 2.58. The van der Waals surface area contributed by atoms with E-state index in [-0.39, 0.29) is 24.2 Å². The first-order valence-corrected chi connectivity index (χ1v) is 16.3. The molecule has 41 heavy (non-hydrogen) atoms. The Hall–Kier alpha value is -2.49. The summed E-state index contributed by atoms with van der Waals surface area (Å²) in [6.45, 7) is 12.5. The van der Waals surface area contributed by atoms with Crippen LogP contribution in [0.15, 0.2) is 12.3 Å². The predicted molar refractivity (Wildman–Crippen MR) is 160 cm³/mol. The number of methoxy groups -OCH3 is 1. The summed E-state index contributed by atoms with van der Waals surface area (Å²) in [5.41, 5.74) is 2.50. The summed E-state index contributed by atoms with van der Waals surface area (Å²) in [6.07, 6.45) is 2.91. The number of aryl methyl sites for hydroxylation is 2. The summed E-state index contributed by atoms with van der Waals surface area (Å²) >= 11 is 1.56. The molecule has 2 fully saturated rings. The van der Waals surface area contributed by atoms with Crippen molar-refractivity contribution < 1.29 is 22.6 Å². The fourth-order valence-electron chi connectivity index (χ4n) is 5.92. The molecule has 1 aliphatic heterocycles. The van der Waals surface area contributed by atoms with Gasteiger partial charge >= 0.3 is 0 Å². The molecule has 0 spiro atoms. The number of aromatic nitrogens is 4. The topological polar surface area (TPSA) is 149 Å². The van der Waals surface area contributed by atoms with E-state index in [1.165, 1.54) is 6.26 Å². The van der Waals surface area contributed by atoms with Crippen molar-refractivity contribution in [3.63, 3.8) is 0 Å². The van der Waals surface area contributed by atoms with Crippen LogP contribution in [0.5, 0.6) is 0 Å². The molecule has 2 aliphatic rings. The van der Waals surface area contributed by atoms with Gasteiger partial charge in [-0.15, -0.1) is 11.3 Å². The summed E-state index contributed by atoms with van der Waals surface area (Å²) < 4.78 is 46.3. The van der Waals surface area contributed by atoms with E-state index in [0.29, 0.717) is 31.3 Å². The number of ether oxygens (including phenoxy) is 3. The van der Waals surface area contributed by atoms with Gasteiger partial charge in [0, 0.05) is 31.3 Å². The second-order valence-electron chi connectivity index (χ2n) is 11.8. The van der Waals surface area contributed by atoms with Crippen molar-refractivity contribution in [3.8, 4) is 10.6 Å². The van der Waals surface area contributed by atoms with E-state index in [1.807, 2.05) is 47.6 Å². The molecule has 1 aliphatic carbocycles. The maximum Gasteiger partial charge on any atom is 0.224 e. The monoisotopic (exact) mass is 605 g/mol. The van der Waals surface area contributed by atoms with Gasteiger partial charge in [-0.3, -0.25) is 4.98 Å². The number of hydrogen-bond acceptors (Lipinski definition) is 12. The smallest absolute Gasteiger partial charge is 0.224 e. The van der Waals surface area contributed by atoms with Gasteiger partial charge in [-0.05, 0) is 54.0 Å². The summed E-state index contributed by atoms with van der Waals surface area (Å²) in [7, 11) is -1.81. The fourth-order valence-corrected chi connectivity index (χ4v) is 8.14. The van der Waals surface area contributed by atoms with E-state index >= 15 is 0 Å². The molecular weight excluding hydrogens is 566 g/mol. The van der Waals surface area contributed by atoms with Crippen LogP contribution in [0.25, 0.3) is 20.8 Å². The van der Waals surface area contributed by atoms with E-state index in [9.17, 15) is 8.42 Å². The van der Waals surface area contributed by atoms with E-state index < -0.39 is 21.3 Å². The number of thiazole rings is 1. The van der Waals surface area contributed by atoms with Gasteiger partial charge in [-0.1, -0.05) is 0 Å². The number of nitrogens with one attached hydrogen (secondary N) is 3. The van der Waals surface area contributed by atoms with E-state index in [1.54, 1.807) is 24.6 Å². The molecule has 3 N–H and O–H groups in total. The number of nitrogens with zero attached hydrogens (tertiary/aromatic N) is 4. The van der Waals surface area contributed by atoms with Crippen LogP contribution in [0.1, 0.15) is 45.5 Å². The van der Waals surface area contributed by atoms with Crippen molar-refractivity contribution >= 4 is 43.3 Å². The fraction of sp³-hybridized carbons (Fsp3) is 0.630. The summed E-state index contributed by atoms with van der Waals surface area (Å²) in [5.74, 6) is 0.111. The number of anilines is 2. The molecule has 0 radical (unpaired) electrons. The Labute approximate surface area is 245 Å². The van der Waals surface area contributed by atoms with Crippen LogP contribution in [0.3, 0.4) is 0 Å². The zero-order chi connectivity index (χ0) is 29.7. The quantitative estimate of drug-likeness (QED) is 0.292. The van der Waals surface area contributed by atoms with Crippen LogP contribution in [0, 0.1) is 19.8 Å². The summed E-state index contributed by atoms with van der Waals surface area (Å²) in [4.78, 5) is 19.0. The number of sulfonamides is 1. The Kier molecular flexibility index (Phi) is 8.02. The van der Waals surface area contributed by atoms with E-state index in [4.69, 9.17) is 29.2 Å². The molecule has 3 aromatic rings. The minimum absolute atomic E-state index is 0.164. The molecular formula is C27H39N7O5S2. The Morgan fingerprint density at radius 1 is 1.15 bits per heavy atom. The Morgan fingerprint density at radius 2 is 1.88 bits per heavy atom. The molecule has 0 aromatic carbocycles. The molecule has 1 saturated heterocycles. The maximum atomic E-state index is 12.2. The highest BCUT2D eigenvalue weighted by Crippen LogP contribution is 2.47. The van der Waals surface area contributed by atoms with Crippen LogP contribution < -0.4 is 15.4 Å². The molecule has 4 heterocycles. The largest absolute Gasteiger partial charge is 0.383 e. The first-order chi connectivity index (χ1) is 19.2. The van der Waals surface area contributed by atoms with Gasteiger partial charge in [0.05, 0.1) is 46.7 Å². The third-order valence-corrected chi connectivity index (χ3v) is 9.48. The second-order valence-corrected chi connectivity index (χ2v) is 14.6. The maximum absolute atomic E-state index is 12.2. The number of fused-ring (bicyclic) bond motifs is 2. The number of pyridine rings is 1. The molecule has 0 amide bonds. The number of hydrogen-bond donors (Lipinski definition) is 3.